The molecule has 0 bridgehead atoms. The number of hydrogen-bond donors (Lipinski definition) is 1. The summed E-state index contributed by atoms with van der Waals surface area (Å²) < 4.78 is 19.0. The third kappa shape index (κ3) is 3.23. The van der Waals surface area contributed by atoms with Gasteiger partial charge in [-0.05, 0) is 24.3 Å². The Labute approximate surface area is 126 Å². The number of hydrogen-bond acceptors (Lipinski definition) is 3. The maximum Gasteiger partial charge on any atom is 0.181 e. The first-order valence-electron chi connectivity index (χ1n) is 6.39. The van der Waals surface area contributed by atoms with Gasteiger partial charge in [-0.3, -0.25) is 0 Å². The van der Waals surface area contributed by atoms with Crippen molar-refractivity contribution >= 4 is 17.3 Å². The Morgan fingerprint density at radius 1 is 1.19 bits per heavy atom. The van der Waals surface area contributed by atoms with Gasteiger partial charge in [-0.1, -0.05) is 29.8 Å². The lowest BCUT2D eigenvalue weighted by molar-refractivity contribution is 0.572. The molecule has 106 valence electrons. The molecule has 0 saturated heterocycles. The number of benzene rings is 2. The van der Waals surface area contributed by atoms with E-state index in [1.54, 1.807) is 18.3 Å². The molecule has 0 fully saturated rings. The van der Waals surface area contributed by atoms with Gasteiger partial charge in [-0.25, -0.2) is 9.37 Å². The Morgan fingerprint density at radius 3 is 2.86 bits per heavy atom. The van der Waals surface area contributed by atoms with Gasteiger partial charge in [0.1, 0.15) is 5.82 Å². The van der Waals surface area contributed by atoms with Crippen molar-refractivity contribution in [1.82, 2.24) is 4.98 Å². The van der Waals surface area contributed by atoms with Crippen LogP contribution in [0.3, 0.4) is 0 Å². The van der Waals surface area contributed by atoms with E-state index in [1.807, 2.05) is 24.3 Å². The summed E-state index contributed by atoms with van der Waals surface area (Å²) in [4.78, 5) is 3.89. The Balaban J connectivity index is 1.75. The first-order chi connectivity index (χ1) is 10.2. The van der Waals surface area contributed by atoms with Gasteiger partial charge < -0.3 is 9.73 Å². The zero-order chi connectivity index (χ0) is 14.7. The van der Waals surface area contributed by atoms with Gasteiger partial charge in [0.05, 0.1) is 6.20 Å². The third-order valence-corrected chi connectivity index (χ3v) is 3.31. The molecule has 0 aliphatic carbocycles. The second-order valence-electron chi connectivity index (χ2n) is 4.54. The fraction of sp³-hybridized carbons (Fsp3) is 0.0625. The molecule has 0 unspecified atom stereocenters. The van der Waals surface area contributed by atoms with E-state index in [2.05, 4.69) is 10.3 Å². The molecule has 1 N–H and O–H groups in total. The predicted molar refractivity (Wildman–Crippen MR) is 80.7 cm³/mol. The number of anilines is 1. The molecule has 0 saturated carbocycles. The molecular formula is C16H12ClFN2O. The standard InChI is InChI=1S/C16H12ClFN2O/c17-13-5-4-12(15(18)7-13)8-20-14-3-1-2-11(6-14)16-9-19-10-21-16/h1-7,9-10,20H,8H2. The van der Waals surface area contributed by atoms with E-state index >= 15 is 0 Å². The van der Waals surface area contributed by atoms with Crippen LogP contribution in [0.25, 0.3) is 11.3 Å². The molecule has 0 amide bonds. The van der Waals surface area contributed by atoms with E-state index in [0.717, 1.165) is 11.3 Å². The molecule has 3 aromatic rings. The van der Waals surface area contributed by atoms with Gasteiger partial charge >= 0.3 is 0 Å². The maximum absolute atomic E-state index is 13.7. The van der Waals surface area contributed by atoms with Crippen LogP contribution in [0.15, 0.2) is 59.5 Å². The minimum atomic E-state index is -0.318. The van der Waals surface area contributed by atoms with Crippen molar-refractivity contribution in [3.8, 4) is 11.3 Å². The SMILES string of the molecule is Fc1cc(Cl)ccc1CNc1cccc(-c2cnco2)c1. The molecule has 1 aromatic heterocycles. The second kappa shape index (κ2) is 5.97. The minimum absolute atomic E-state index is 0.318. The molecular weight excluding hydrogens is 291 g/mol. The summed E-state index contributed by atoms with van der Waals surface area (Å²) >= 11 is 5.74. The van der Waals surface area contributed by atoms with Crippen molar-refractivity contribution in [2.24, 2.45) is 0 Å². The molecule has 0 radical (unpaired) electrons. The van der Waals surface area contributed by atoms with Crippen molar-refractivity contribution < 1.29 is 8.81 Å². The van der Waals surface area contributed by atoms with Gasteiger partial charge in [0.2, 0.25) is 0 Å². The molecule has 0 atom stereocenters. The first kappa shape index (κ1) is 13.6. The van der Waals surface area contributed by atoms with E-state index in [-0.39, 0.29) is 5.82 Å². The lowest BCUT2D eigenvalue weighted by atomic mass is 10.1. The number of nitrogens with one attached hydrogen (secondary N) is 1. The number of nitrogens with zero attached hydrogens (tertiary/aromatic N) is 1. The summed E-state index contributed by atoms with van der Waals surface area (Å²) in [5, 5.41) is 3.57. The topological polar surface area (TPSA) is 38.1 Å². The molecule has 5 heteroatoms. The van der Waals surface area contributed by atoms with E-state index in [0.29, 0.717) is 22.9 Å². The molecule has 0 aliphatic rings. The predicted octanol–water partition coefficient (Wildman–Crippen LogP) is 4.75. The van der Waals surface area contributed by atoms with Gasteiger partial charge in [0.25, 0.3) is 0 Å². The van der Waals surface area contributed by atoms with Gasteiger partial charge in [-0.15, -0.1) is 0 Å². The fourth-order valence-electron chi connectivity index (χ4n) is 2.00. The minimum Gasteiger partial charge on any atom is -0.444 e. The van der Waals surface area contributed by atoms with Crippen LogP contribution in [0.4, 0.5) is 10.1 Å². The van der Waals surface area contributed by atoms with Crippen molar-refractivity contribution in [1.29, 1.82) is 0 Å². The molecule has 0 spiro atoms. The van der Waals surface area contributed by atoms with Crippen LogP contribution >= 0.6 is 11.6 Å². The van der Waals surface area contributed by atoms with E-state index < -0.39 is 0 Å². The average Bonchev–Trinajstić information content (AvgIpc) is 3.01. The molecule has 3 nitrogen and oxygen atoms in total. The average molecular weight is 303 g/mol. The quantitative estimate of drug-likeness (QED) is 0.756. The number of halogens is 2. The monoisotopic (exact) mass is 302 g/mol. The van der Waals surface area contributed by atoms with Crippen molar-refractivity contribution in [2.45, 2.75) is 6.54 Å². The lowest BCUT2D eigenvalue weighted by Gasteiger charge is -2.08. The summed E-state index contributed by atoms with van der Waals surface area (Å²) in [6.07, 6.45) is 3.04. The van der Waals surface area contributed by atoms with Gasteiger partial charge in [-0.2, -0.15) is 0 Å². The van der Waals surface area contributed by atoms with Crippen LogP contribution in [0.1, 0.15) is 5.56 Å². The molecule has 3 rings (SSSR count). The summed E-state index contributed by atoms with van der Waals surface area (Å²) in [7, 11) is 0. The highest BCUT2D eigenvalue weighted by Crippen LogP contribution is 2.23. The largest absolute Gasteiger partial charge is 0.444 e. The fourth-order valence-corrected chi connectivity index (χ4v) is 2.16. The Morgan fingerprint density at radius 2 is 2.10 bits per heavy atom. The highest BCUT2D eigenvalue weighted by Gasteiger charge is 2.05. The van der Waals surface area contributed by atoms with Crippen LogP contribution < -0.4 is 5.32 Å². The second-order valence-corrected chi connectivity index (χ2v) is 4.97. The highest BCUT2D eigenvalue weighted by atomic mass is 35.5. The Kier molecular flexibility index (Phi) is 3.88. The van der Waals surface area contributed by atoms with Crippen molar-refractivity contribution in [2.75, 3.05) is 5.32 Å². The Bertz CT molecular complexity index is 744. The normalized spacial score (nSPS) is 10.6. The van der Waals surface area contributed by atoms with Crippen LogP contribution in [0.5, 0.6) is 0 Å². The number of rotatable bonds is 4. The van der Waals surface area contributed by atoms with Crippen molar-refractivity contribution in [3.05, 3.63) is 71.5 Å². The molecule has 2 aromatic carbocycles. The molecule has 1 heterocycles. The summed E-state index contributed by atoms with van der Waals surface area (Å²) in [6.45, 7) is 0.378. The summed E-state index contributed by atoms with van der Waals surface area (Å²) in [5.74, 6) is 0.373. The van der Waals surface area contributed by atoms with Gasteiger partial charge in [0.15, 0.2) is 12.2 Å². The van der Waals surface area contributed by atoms with Crippen LogP contribution in [-0.2, 0) is 6.54 Å². The van der Waals surface area contributed by atoms with Crippen LogP contribution in [0, 0.1) is 5.82 Å². The Hall–Kier alpha value is -2.33. The van der Waals surface area contributed by atoms with Crippen LogP contribution in [-0.4, -0.2) is 4.98 Å². The van der Waals surface area contributed by atoms with E-state index in [1.165, 1.54) is 12.5 Å². The smallest absolute Gasteiger partial charge is 0.181 e. The first-order valence-corrected chi connectivity index (χ1v) is 6.77. The maximum atomic E-state index is 13.7. The summed E-state index contributed by atoms with van der Waals surface area (Å²) in [5.41, 5.74) is 2.34. The third-order valence-electron chi connectivity index (χ3n) is 3.08. The number of oxazole rings is 1. The lowest BCUT2D eigenvalue weighted by Crippen LogP contribution is -2.01. The number of aromatic nitrogens is 1. The van der Waals surface area contributed by atoms with Gasteiger partial charge in [0, 0.05) is 28.4 Å². The van der Waals surface area contributed by atoms with E-state index in [9.17, 15) is 4.39 Å². The summed E-state index contributed by atoms with van der Waals surface area (Å²) in [6, 6.07) is 12.3. The molecule has 21 heavy (non-hydrogen) atoms. The van der Waals surface area contributed by atoms with Crippen LogP contribution in [0.2, 0.25) is 5.02 Å². The molecule has 0 aliphatic heterocycles. The van der Waals surface area contributed by atoms with E-state index in [4.69, 9.17) is 16.0 Å². The highest BCUT2D eigenvalue weighted by molar-refractivity contribution is 6.30. The van der Waals surface area contributed by atoms with Crippen molar-refractivity contribution in [3.63, 3.8) is 0 Å². The zero-order valence-electron chi connectivity index (χ0n) is 11.0. The zero-order valence-corrected chi connectivity index (χ0v) is 11.8.